The number of anilines is 1. The predicted molar refractivity (Wildman–Crippen MR) is 155 cm³/mol. The number of likely N-dealkylation sites (tertiary alicyclic amines) is 1. The van der Waals surface area contributed by atoms with Crippen molar-refractivity contribution in [3.63, 3.8) is 0 Å². The Labute approximate surface area is 242 Å². The summed E-state index contributed by atoms with van der Waals surface area (Å²) in [6.45, 7) is 6.83. The number of hydrogen-bond donors (Lipinski definition) is 3. The first-order valence-corrected chi connectivity index (χ1v) is 14.8. The normalized spacial score (nSPS) is 26.6. The number of carbonyl (C=O) groups is 3. The maximum absolute atomic E-state index is 13.8. The number of hydrogen-bond acceptors (Lipinski definition) is 6. The highest BCUT2D eigenvalue weighted by molar-refractivity contribution is 6.32. The second-order valence-corrected chi connectivity index (χ2v) is 12.2. The van der Waals surface area contributed by atoms with E-state index in [0.717, 1.165) is 12.8 Å². The molecule has 0 saturated carbocycles. The minimum absolute atomic E-state index is 0.0502. The number of amides is 3. The van der Waals surface area contributed by atoms with Crippen molar-refractivity contribution >= 4 is 35.0 Å². The Bertz CT molecular complexity index is 1090. The molecule has 2 saturated heterocycles. The van der Waals surface area contributed by atoms with Gasteiger partial charge in [0.15, 0.2) is 0 Å². The van der Waals surface area contributed by atoms with Crippen LogP contribution in [0, 0.1) is 17.3 Å². The second kappa shape index (κ2) is 13.8. The zero-order valence-corrected chi connectivity index (χ0v) is 24.6. The second-order valence-electron chi connectivity index (χ2n) is 11.8. The number of allylic oxidation sites excluding steroid dienone is 2. The standard InChI is InChI=1S/C30H43ClN4O5/c1-20(2)16-25-28(37)33-24-9-15-40-19-21(24)6-4-5-10-30(29(38)34-25)11-13-35(14-12-30)18-27(36)32-22-7-8-26(39-3)23(31)17-22/h4-5,7-8,17,20-21,24-25H,6,9-16,18-19H2,1-3H3,(H,32,36)(H,33,37)(H,34,38)/b5-4-/t21-,24+,25+/m0/s1. The molecule has 10 heteroatoms. The Hall–Kier alpha value is -2.62. The summed E-state index contributed by atoms with van der Waals surface area (Å²) in [7, 11) is 1.54. The molecule has 0 aliphatic carbocycles. The SMILES string of the molecule is COc1ccc(NC(=O)CN2CCC3(C/C=C\C[C@H]4COCC[C@H]4NC(=O)[C@@H](CC(C)C)NC3=O)CC2)cc1Cl. The fourth-order valence-electron chi connectivity index (χ4n) is 5.91. The first-order valence-electron chi connectivity index (χ1n) is 14.4. The average molecular weight is 575 g/mol. The molecular weight excluding hydrogens is 532 g/mol. The predicted octanol–water partition coefficient (Wildman–Crippen LogP) is 3.77. The molecule has 0 bridgehead atoms. The maximum Gasteiger partial charge on any atom is 0.242 e. The summed E-state index contributed by atoms with van der Waals surface area (Å²) in [5.41, 5.74) is -0.0161. The number of rotatable bonds is 6. The van der Waals surface area contributed by atoms with Gasteiger partial charge in [-0.05, 0) is 75.7 Å². The van der Waals surface area contributed by atoms with Crippen LogP contribution in [0.2, 0.25) is 5.02 Å². The highest BCUT2D eigenvalue weighted by atomic mass is 35.5. The molecule has 3 aliphatic rings. The Kier molecular flexibility index (Phi) is 10.5. The van der Waals surface area contributed by atoms with E-state index in [2.05, 4.69) is 46.8 Å². The number of nitrogens with one attached hydrogen (secondary N) is 3. The fourth-order valence-corrected chi connectivity index (χ4v) is 6.17. The zero-order chi connectivity index (χ0) is 28.7. The van der Waals surface area contributed by atoms with Gasteiger partial charge in [0.1, 0.15) is 11.8 Å². The van der Waals surface area contributed by atoms with Crippen LogP contribution in [0.1, 0.15) is 52.4 Å². The van der Waals surface area contributed by atoms with E-state index >= 15 is 0 Å². The lowest BCUT2D eigenvalue weighted by Crippen LogP contribution is -2.57. The van der Waals surface area contributed by atoms with Gasteiger partial charge in [0, 0.05) is 24.3 Å². The summed E-state index contributed by atoms with van der Waals surface area (Å²) in [5.74, 6) is 0.709. The Morgan fingerprint density at radius 2 is 2.00 bits per heavy atom. The van der Waals surface area contributed by atoms with Crippen molar-refractivity contribution in [3.05, 3.63) is 35.4 Å². The van der Waals surface area contributed by atoms with Crippen molar-refractivity contribution in [3.8, 4) is 5.75 Å². The largest absolute Gasteiger partial charge is 0.495 e. The lowest BCUT2D eigenvalue weighted by molar-refractivity contribution is -0.138. The number of ether oxygens (including phenoxy) is 2. The van der Waals surface area contributed by atoms with E-state index in [1.807, 2.05) is 0 Å². The number of fused-ring (bicyclic) bond motifs is 1. The van der Waals surface area contributed by atoms with Crippen LogP contribution in [0.15, 0.2) is 30.4 Å². The molecule has 0 aromatic heterocycles. The van der Waals surface area contributed by atoms with E-state index in [1.54, 1.807) is 25.3 Å². The molecule has 2 fully saturated rings. The molecular formula is C30H43ClN4O5. The van der Waals surface area contributed by atoms with Crippen LogP contribution in [0.25, 0.3) is 0 Å². The van der Waals surface area contributed by atoms with Gasteiger partial charge in [0.05, 0.1) is 30.7 Å². The molecule has 3 amide bonds. The van der Waals surface area contributed by atoms with Gasteiger partial charge in [0.2, 0.25) is 17.7 Å². The number of halogens is 1. The number of nitrogens with zero attached hydrogens (tertiary/aromatic N) is 1. The van der Waals surface area contributed by atoms with E-state index in [0.29, 0.717) is 68.4 Å². The Morgan fingerprint density at radius 3 is 2.70 bits per heavy atom. The van der Waals surface area contributed by atoms with Crippen molar-refractivity contribution in [1.82, 2.24) is 15.5 Å². The summed E-state index contributed by atoms with van der Waals surface area (Å²) >= 11 is 6.19. The quantitative estimate of drug-likeness (QED) is 0.446. The maximum atomic E-state index is 13.8. The zero-order valence-electron chi connectivity index (χ0n) is 23.8. The van der Waals surface area contributed by atoms with Crippen LogP contribution < -0.4 is 20.7 Å². The summed E-state index contributed by atoms with van der Waals surface area (Å²) in [4.78, 5) is 42.0. The molecule has 3 aliphatic heterocycles. The average Bonchev–Trinajstić information content (AvgIpc) is 2.92. The highest BCUT2D eigenvalue weighted by Gasteiger charge is 2.42. The topological polar surface area (TPSA) is 109 Å². The molecule has 220 valence electrons. The summed E-state index contributed by atoms with van der Waals surface area (Å²) in [6, 6.07) is 4.61. The van der Waals surface area contributed by atoms with E-state index in [9.17, 15) is 14.4 Å². The van der Waals surface area contributed by atoms with Gasteiger partial charge < -0.3 is 25.4 Å². The van der Waals surface area contributed by atoms with Crippen LogP contribution in [-0.4, -0.2) is 74.7 Å². The smallest absolute Gasteiger partial charge is 0.242 e. The molecule has 0 unspecified atom stereocenters. The van der Waals surface area contributed by atoms with Gasteiger partial charge >= 0.3 is 0 Å². The van der Waals surface area contributed by atoms with Gasteiger partial charge in [-0.1, -0.05) is 37.6 Å². The lowest BCUT2D eigenvalue weighted by atomic mass is 9.74. The lowest BCUT2D eigenvalue weighted by Gasteiger charge is -2.41. The van der Waals surface area contributed by atoms with Crippen molar-refractivity contribution in [2.45, 2.75) is 64.5 Å². The molecule has 3 heterocycles. The molecule has 3 N–H and O–H groups in total. The third-order valence-corrected chi connectivity index (χ3v) is 8.64. The van der Waals surface area contributed by atoms with Crippen molar-refractivity contribution < 1.29 is 23.9 Å². The van der Waals surface area contributed by atoms with Gasteiger partial charge in [-0.2, -0.15) is 0 Å². The molecule has 9 nitrogen and oxygen atoms in total. The molecule has 40 heavy (non-hydrogen) atoms. The van der Waals surface area contributed by atoms with Crippen molar-refractivity contribution in [2.75, 3.05) is 45.3 Å². The van der Waals surface area contributed by atoms with Crippen LogP contribution in [0.5, 0.6) is 5.75 Å². The summed E-state index contributed by atoms with van der Waals surface area (Å²) < 4.78 is 10.9. The first kappa shape index (κ1) is 30.3. The van der Waals surface area contributed by atoms with E-state index in [4.69, 9.17) is 21.1 Å². The third kappa shape index (κ3) is 7.77. The van der Waals surface area contributed by atoms with Crippen LogP contribution in [0.4, 0.5) is 5.69 Å². The molecule has 0 radical (unpaired) electrons. The minimum atomic E-state index is -0.621. The molecule has 1 spiro atoms. The van der Waals surface area contributed by atoms with Crippen LogP contribution in [-0.2, 0) is 19.1 Å². The van der Waals surface area contributed by atoms with Crippen LogP contribution in [0.3, 0.4) is 0 Å². The fraction of sp³-hybridized carbons (Fsp3) is 0.633. The van der Waals surface area contributed by atoms with Gasteiger partial charge in [0.25, 0.3) is 0 Å². The number of piperidine rings is 1. The molecule has 3 atom stereocenters. The summed E-state index contributed by atoms with van der Waals surface area (Å²) in [6.07, 6.45) is 8.26. The van der Waals surface area contributed by atoms with Crippen molar-refractivity contribution in [2.24, 2.45) is 17.3 Å². The Balaban J connectivity index is 1.42. The van der Waals surface area contributed by atoms with Gasteiger partial charge in [-0.25, -0.2) is 0 Å². The molecule has 4 rings (SSSR count). The number of methoxy groups -OCH3 is 1. The van der Waals surface area contributed by atoms with Crippen LogP contribution >= 0.6 is 11.6 Å². The number of carbonyl (C=O) groups excluding carboxylic acids is 3. The molecule has 1 aromatic rings. The Morgan fingerprint density at radius 1 is 1.23 bits per heavy atom. The van der Waals surface area contributed by atoms with Crippen molar-refractivity contribution in [1.29, 1.82) is 0 Å². The number of benzene rings is 1. The minimum Gasteiger partial charge on any atom is -0.495 e. The first-order chi connectivity index (χ1) is 19.2. The highest BCUT2D eigenvalue weighted by Crippen LogP contribution is 2.37. The van der Waals surface area contributed by atoms with E-state index in [1.165, 1.54) is 0 Å². The van der Waals surface area contributed by atoms with E-state index in [-0.39, 0.29) is 42.1 Å². The third-order valence-electron chi connectivity index (χ3n) is 8.34. The molecule has 1 aromatic carbocycles. The summed E-state index contributed by atoms with van der Waals surface area (Å²) in [5, 5.41) is 9.69. The van der Waals surface area contributed by atoms with E-state index < -0.39 is 11.5 Å². The monoisotopic (exact) mass is 574 g/mol. The van der Waals surface area contributed by atoms with Gasteiger partial charge in [-0.3, -0.25) is 19.3 Å². The van der Waals surface area contributed by atoms with Gasteiger partial charge in [-0.15, -0.1) is 0 Å².